The SMILES string of the molecule is CCCCCCCCCCc1cc(C(=O)c2ccccc2C)c(NC(=O)CN)s1. The number of carbonyl (C=O) groups is 2. The van der Waals surface area contributed by atoms with E-state index in [-0.39, 0.29) is 18.2 Å². The van der Waals surface area contributed by atoms with Crippen LogP contribution in [0.4, 0.5) is 5.00 Å². The molecule has 0 aliphatic rings. The van der Waals surface area contributed by atoms with E-state index in [4.69, 9.17) is 5.73 Å². The average molecular weight is 415 g/mol. The molecule has 5 heteroatoms. The molecule has 1 aromatic carbocycles. The van der Waals surface area contributed by atoms with Gasteiger partial charge in [0, 0.05) is 10.4 Å². The number of aryl methyl sites for hydroxylation is 2. The number of nitrogens with one attached hydrogen (secondary N) is 1. The quantitative estimate of drug-likeness (QED) is 0.318. The summed E-state index contributed by atoms with van der Waals surface area (Å²) >= 11 is 1.50. The molecule has 0 bridgehead atoms. The van der Waals surface area contributed by atoms with Crippen molar-refractivity contribution in [3.05, 3.63) is 51.9 Å². The molecule has 0 saturated heterocycles. The van der Waals surface area contributed by atoms with Crippen LogP contribution in [0.25, 0.3) is 0 Å². The number of rotatable bonds is 13. The van der Waals surface area contributed by atoms with Gasteiger partial charge in [-0.1, -0.05) is 76.1 Å². The average Bonchev–Trinajstić information content (AvgIpc) is 3.12. The van der Waals surface area contributed by atoms with Crippen LogP contribution in [0, 0.1) is 6.92 Å². The van der Waals surface area contributed by atoms with Gasteiger partial charge in [-0.25, -0.2) is 0 Å². The van der Waals surface area contributed by atoms with Gasteiger partial charge in [0.25, 0.3) is 0 Å². The predicted molar refractivity (Wildman–Crippen MR) is 123 cm³/mol. The smallest absolute Gasteiger partial charge is 0.238 e. The molecule has 29 heavy (non-hydrogen) atoms. The van der Waals surface area contributed by atoms with Crippen molar-refractivity contribution in [3.8, 4) is 0 Å². The Bertz CT molecular complexity index is 798. The molecule has 0 atom stereocenters. The summed E-state index contributed by atoms with van der Waals surface area (Å²) < 4.78 is 0. The standard InChI is InChI=1S/C24H34N2O2S/c1-3-4-5-6-7-8-9-10-14-19-16-21(24(29-19)26-22(27)17-25)23(28)20-15-12-11-13-18(20)2/h11-13,15-16H,3-10,14,17,25H2,1-2H3,(H,26,27). The van der Waals surface area contributed by atoms with Crippen molar-refractivity contribution >= 4 is 28.0 Å². The summed E-state index contributed by atoms with van der Waals surface area (Å²) in [6.07, 6.45) is 11.1. The molecule has 0 aliphatic carbocycles. The molecule has 1 heterocycles. The van der Waals surface area contributed by atoms with Crippen molar-refractivity contribution in [1.29, 1.82) is 0 Å². The number of thiophene rings is 1. The zero-order valence-corrected chi connectivity index (χ0v) is 18.6. The maximum atomic E-state index is 13.1. The molecular weight excluding hydrogens is 380 g/mol. The Morgan fingerprint density at radius 3 is 2.28 bits per heavy atom. The van der Waals surface area contributed by atoms with Crippen LogP contribution in [-0.2, 0) is 11.2 Å². The maximum Gasteiger partial charge on any atom is 0.238 e. The molecule has 0 radical (unpaired) electrons. The minimum absolute atomic E-state index is 0.0474. The minimum atomic E-state index is -0.274. The lowest BCUT2D eigenvalue weighted by Crippen LogP contribution is -2.22. The highest BCUT2D eigenvalue weighted by molar-refractivity contribution is 7.16. The van der Waals surface area contributed by atoms with E-state index < -0.39 is 0 Å². The van der Waals surface area contributed by atoms with E-state index in [1.807, 2.05) is 37.3 Å². The monoisotopic (exact) mass is 414 g/mol. The fraction of sp³-hybridized carbons (Fsp3) is 0.500. The Kier molecular flexibility index (Phi) is 10.1. The summed E-state index contributed by atoms with van der Waals surface area (Å²) in [5.41, 5.74) is 7.63. The number of benzene rings is 1. The van der Waals surface area contributed by atoms with Crippen LogP contribution in [0.3, 0.4) is 0 Å². The number of unbranched alkanes of at least 4 members (excludes halogenated alkanes) is 7. The van der Waals surface area contributed by atoms with Gasteiger partial charge in [-0.3, -0.25) is 9.59 Å². The van der Waals surface area contributed by atoms with Crippen LogP contribution in [0.1, 0.15) is 84.7 Å². The summed E-state index contributed by atoms with van der Waals surface area (Å²) in [7, 11) is 0. The summed E-state index contributed by atoms with van der Waals surface area (Å²) in [6.45, 7) is 4.08. The lowest BCUT2D eigenvalue weighted by Gasteiger charge is -2.06. The molecule has 158 valence electrons. The molecule has 3 N–H and O–H groups in total. The second kappa shape index (κ2) is 12.6. The third-order valence-corrected chi connectivity index (χ3v) is 6.24. The Hall–Kier alpha value is -1.98. The van der Waals surface area contributed by atoms with Gasteiger partial charge in [0.05, 0.1) is 12.1 Å². The molecule has 0 saturated carbocycles. The van der Waals surface area contributed by atoms with Crippen LogP contribution in [0.15, 0.2) is 30.3 Å². The minimum Gasteiger partial charge on any atom is -0.322 e. The van der Waals surface area contributed by atoms with E-state index in [1.165, 1.54) is 56.3 Å². The largest absolute Gasteiger partial charge is 0.322 e. The zero-order chi connectivity index (χ0) is 21.1. The molecule has 2 aromatic rings. The van der Waals surface area contributed by atoms with Gasteiger partial charge < -0.3 is 11.1 Å². The fourth-order valence-corrected chi connectivity index (χ4v) is 4.52. The summed E-state index contributed by atoms with van der Waals surface area (Å²) in [4.78, 5) is 26.1. The number of anilines is 1. The Labute approximate surface area is 178 Å². The zero-order valence-electron chi connectivity index (χ0n) is 17.8. The molecule has 1 amide bonds. The van der Waals surface area contributed by atoms with Crippen molar-refractivity contribution in [2.45, 2.75) is 71.6 Å². The third kappa shape index (κ3) is 7.41. The van der Waals surface area contributed by atoms with Crippen molar-refractivity contribution < 1.29 is 9.59 Å². The third-order valence-electron chi connectivity index (χ3n) is 5.13. The van der Waals surface area contributed by atoms with Crippen molar-refractivity contribution in [2.75, 3.05) is 11.9 Å². The Balaban J connectivity index is 2.01. The molecule has 0 fully saturated rings. The van der Waals surface area contributed by atoms with Crippen molar-refractivity contribution in [2.24, 2.45) is 5.73 Å². The van der Waals surface area contributed by atoms with E-state index in [0.717, 1.165) is 23.3 Å². The molecule has 0 aliphatic heterocycles. The topological polar surface area (TPSA) is 72.2 Å². The molecule has 2 rings (SSSR count). The maximum absolute atomic E-state index is 13.1. The number of amides is 1. The molecule has 1 aromatic heterocycles. The highest BCUT2D eigenvalue weighted by Gasteiger charge is 2.20. The Morgan fingerprint density at radius 1 is 0.966 bits per heavy atom. The molecule has 4 nitrogen and oxygen atoms in total. The lowest BCUT2D eigenvalue weighted by atomic mass is 10.00. The van der Waals surface area contributed by atoms with E-state index in [9.17, 15) is 9.59 Å². The summed E-state index contributed by atoms with van der Waals surface area (Å²) in [5, 5.41) is 3.43. The number of ketones is 1. The Morgan fingerprint density at radius 2 is 1.62 bits per heavy atom. The van der Waals surface area contributed by atoms with E-state index in [1.54, 1.807) is 0 Å². The van der Waals surface area contributed by atoms with Gasteiger partial charge in [-0.15, -0.1) is 11.3 Å². The van der Waals surface area contributed by atoms with Gasteiger partial charge >= 0.3 is 0 Å². The van der Waals surface area contributed by atoms with Crippen LogP contribution in [0.2, 0.25) is 0 Å². The molecular formula is C24H34N2O2S. The van der Waals surface area contributed by atoms with E-state index in [0.29, 0.717) is 16.1 Å². The first-order valence-corrected chi connectivity index (χ1v) is 11.6. The van der Waals surface area contributed by atoms with Crippen molar-refractivity contribution in [1.82, 2.24) is 0 Å². The van der Waals surface area contributed by atoms with Crippen LogP contribution >= 0.6 is 11.3 Å². The van der Waals surface area contributed by atoms with E-state index in [2.05, 4.69) is 12.2 Å². The van der Waals surface area contributed by atoms with E-state index >= 15 is 0 Å². The van der Waals surface area contributed by atoms with Crippen molar-refractivity contribution in [3.63, 3.8) is 0 Å². The molecule has 0 spiro atoms. The van der Waals surface area contributed by atoms with Gasteiger partial charge in [-0.2, -0.15) is 0 Å². The highest BCUT2D eigenvalue weighted by Crippen LogP contribution is 2.32. The number of nitrogens with two attached hydrogens (primary N) is 1. The first-order chi connectivity index (χ1) is 14.1. The summed E-state index contributed by atoms with van der Waals surface area (Å²) in [6, 6.07) is 9.50. The van der Waals surface area contributed by atoms with Gasteiger partial charge in [0.2, 0.25) is 5.91 Å². The second-order valence-corrected chi connectivity index (χ2v) is 8.71. The summed E-state index contributed by atoms with van der Waals surface area (Å²) in [5.74, 6) is -0.321. The second-order valence-electron chi connectivity index (χ2n) is 7.58. The van der Waals surface area contributed by atoms with Gasteiger partial charge in [0.15, 0.2) is 5.78 Å². The normalized spacial score (nSPS) is 10.9. The fourth-order valence-electron chi connectivity index (χ4n) is 3.41. The van der Waals surface area contributed by atoms with Crippen LogP contribution in [-0.4, -0.2) is 18.2 Å². The van der Waals surface area contributed by atoms with Gasteiger partial charge in [0.1, 0.15) is 5.00 Å². The lowest BCUT2D eigenvalue weighted by molar-refractivity contribution is -0.114. The predicted octanol–water partition coefficient (Wildman–Crippen LogP) is 5.87. The first-order valence-electron chi connectivity index (χ1n) is 10.8. The number of hydrogen-bond donors (Lipinski definition) is 2. The number of hydrogen-bond acceptors (Lipinski definition) is 4. The van der Waals surface area contributed by atoms with Crippen LogP contribution < -0.4 is 11.1 Å². The number of carbonyl (C=O) groups excluding carboxylic acids is 2. The molecule has 0 unspecified atom stereocenters. The first kappa shape index (κ1) is 23.3. The highest BCUT2D eigenvalue weighted by atomic mass is 32.1. The van der Waals surface area contributed by atoms with Gasteiger partial charge in [-0.05, 0) is 31.4 Å². The van der Waals surface area contributed by atoms with Crippen LogP contribution in [0.5, 0.6) is 0 Å².